The van der Waals surface area contributed by atoms with Gasteiger partial charge in [-0.05, 0) is 38.7 Å². The zero-order chi connectivity index (χ0) is 13.7. The summed E-state index contributed by atoms with van der Waals surface area (Å²) < 4.78 is 7.17. The molecule has 19 heavy (non-hydrogen) atoms. The van der Waals surface area contributed by atoms with Crippen LogP contribution in [0.4, 0.5) is 0 Å². The van der Waals surface area contributed by atoms with Crippen LogP contribution in [-0.2, 0) is 16.1 Å². The number of aryl methyl sites for hydroxylation is 1. The van der Waals surface area contributed by atoms with Crippen molar-refractivity contribution in [3.63, 3.8) is 0 Å². The summed E-state index contributed by atoms with van der Waals surface area (Å²) >= 11 is 0. The number of ether oxygens (including phenoxy) is 1. The summed E-state index contributed by atoms with van der Waals surface area (Å²) in [7, 11) is 0. The van der Waals surface area contributed by atoms with E-state index >= 15 is 0 Å². The average molecular weight is 265 g/mol. The van der Waals surface area contributed by atoms with Gasteiger partial charge in [0.15, 0.2) is 0 Å². The van der Waals surface area contributed by atoms with Crippen molar-refractivity contribution in [3.05, 3.63) is 18.0 Å². The molecule has 0 saturated carbocycles. The number of hydrogen-bond acceptors (Lipinski definition) is 3. The SMILES string of the molecule is CCOCC(=O)N1CCCCC1Cn1cc(C)cn1. The molecule has 0 radical (unpaired) electrons. The third-order valence-electron chi connectivity index (χ3n) is 3.54. The highest BCUT2D eigenvalue weighted by atomic mass is 16.5. The van der Waals surface area contributed by atoms with Gasteiger partial charge < -0.3 is 9.64 Å². The Labute approximate surface area is 114 Å². The van der Waals surface area contributed by atoms with Gasteiger partial charge in [0.25, 0.3) is 0 Å². The molecule has 0 N–H and O–H groups in total. The maximum Gasteiger partial charge on any atom is 0.248 e. The summed E-state index contributed by atoms with van der Waals surface area (Å²) in [6, 6.07) is 0.251. The second-order valence-electron chi connectivity index (χ2n) is 5.11. The third-order valence-corrected chi connectivity index (χ3v) is 3.54. The van der Waals surface area contributed by atoms with Crippen molar-refractivity contribution >= 4 is 5.91 Å². The molecule has 0 aromatic carbocycles. The van der Waals surface area contributed by atoms with E-state index in [1.807, 2.05) is 35.8 Å². The molecule has 5 heteroatoms. The third kappa shape index (κ3) is 3.80. The minimum atomic E-state index is 0.107. The lowest BCUT2D eigenvalue weighted by atomic mass is 10.0. The highest BCUT2D eigenvalue weighted by Crippen LogP contribution is 2.18. The van der Waals surface area contributed by atoms with Crippen LogP contribution in [0.3, 0.4) is 0 Å². The lowest BCUT2D eigenvalue weighted by Crippen LogP contribution is -2.47. The predicted molar refractivity (Wildman–Crippen MR) is 72.8 cm³/mol. The molecule has 1 fully saturated rings. The van der Waals surface area contributed by atoms with E-state index in [1.165, 1.54) is 6.42 Å². The average Bonchev–Trinajstić information content (AvgIpc) is 2.82. The van der Waals surface area contributed by atoms with Gasteiger partial charge in [0.1, 0.15) is 6.61 Å². The zero-order valence-electron chi connectivity index (χ0n) is 11.8. The Balaban J connectivity index is 1.97. The van der Waals surface area contributed by atoms with Crippen molar-refractivity contribution in [2.75, 3.05) is 19.8 Å². The smallest absolute Gasteiger partial charge is 0.248 e. The molecule has 1 aromatic heterocycles. The summed E-state index contributed by atoms with van der Waals surface area (Å²) in [6.45, 7) is 6.35. The van der Waals surface area contributed by atoms with Crippen molar-refractivity contribution in [2.24, 2.45) is 0 Å². The highest BCUT2D eigenvalue weighted by molar-refractivity contribution is 5.77. The number of aromatic nitrogens is 2. The zero-order valence-corrected chi connectivity index (χ0v) is 11.8. The van der Waals surface area contributed by atoms with Crippen LogP contribution in [0.25, 0.3) is 0 Å². The number of likely N-dealkylation sites (tertiary alicyclic amines) is 1. The quantitative estimate of drug-likeness (QED) is 0.812. The van der Waals surface area contributed by atoms with Gasteiger partial charge in [-0.25, -0.2) is 0 Å². The molecule has 0 spiro atoms. The van der Waals surface area contributed by atoms with Crippen molar-refractivity contribution in [2.45, 2.75) is 45.7 Å². The van der Waals surface area contributed by atoms with Gasteiger partial charge in [0, 0.05) is 19.3 Å². The summed E-state index contributed by atoms with van der Waals surface area (Å²) in [6.07, 6.45) is 7.21. The fourth-order valence-electron chi connectivity index (χ4n) is 2.57. The molecule has 1 aliphatic heterocycles. The number of amides is 1. The second-order valence-corrected chi connectivity index (χ2v) is 5.11. The van der Waals surface area contributed by atoms with E-state index in [9.17, 15) is 4.79 Å². The van der Waals surface area contributed by atoms with E-state index < -0.39 is 0 Å². The molecule has 1 amide bonds. The van der Waals surface area contributed by atoms with Gasteiger partial charge in [-0.3, -0.25) is 9.48 Å². The lowest BCUT2D eigenvalue weighted by Gasteiger charge is -2.35. The molecule has 0 aliphatic carbocycles. The Bertz CT molecular complexity index is 417. The number of carbonyl (C=O) groups is 1. The number of piperidine rings is 1. The highest BCUT2D eigenvalue weighted by Gasteiger charge is 2.26. The Hall–Kier alpha value is -1.36. The van der Waals surface area contributed by atoms with Crippen LogP contribution in [0.2, 0.25) is 0 Å². The normalized spacial score (nSPS) is 19.7. The number of carbonyl (C=O) groups excluding carboxylic acids is 1. The van der Waals surface area contributed by atoms with Crippen LogP contribution >= 0.6 is 0 Å². The molecule has 1 saturated heterocycles. The molecule has 1 atom stereocenters. The fourth-order valence-corrected chi connectivity index (χ4v) is 2.57. The topological polar surface area (TPSA) is 47.4 Å². The lowest BCUT2D eigenvalue weighted by molar-refractivity contribution is -0.140. The van der Waals surface area contributed by atoms with Crippen LogP contribution in [0, 0.1) is 6.92 Å². The monoisotopic (exact) mass is 265 g/mol. The van der Waals surface area contributed by atoms with Gasteiger partial charge in [-0.15, -0.1) is 0 Å². The predicted octanol–water partition coefficient (Wildman–Crippen LogP) is 1.61. The minimum absolute atomic E-state index is 0.107. The Morgan fingerprint density at radius 2 is 2.37 bits per heavy atom. The molecule has 106 valence electrons. The van der Waals surface area contributed by atoms with Crippen molar-refractivity contribution < 1.29 is 9.53 Å². The summed E-state index contributed by atoms with van der Waals surface area (Å²) in [5.74, 6) is 0.107. The molecule has 2 heterocycles. The summed E-state index contributed by atoms with van der Waals surface area (Å²) in [4.78, 5) is 14.1. The van der Waals surface area contributed by atoms with Crippen LogP contribution in [-0.4, -0.2) is 46.4 Å². The molecule has 1 unspecified atom stereocenters. The summed E-state index contributed by atoms with van der Waals surface area (Å²) in [5, 5.41) is 4.31. The Kier molecular flexibility index (Phi) is 4.96. The second kappa shape index (κ2) is 6.70. The number of nitrogens with zero attached hydrogens (tertiary/aromatic N) is 3. The molecule has 0 bridgehead atoms. The van der Waals surface area contributed by atoms with Gasteiger partial charge in [-0.1, -0.05) is 0 Å². The molecule has 1 aliphatic rings. The first-order chi connectivity index (χ1) is 9.20. The van der Waals surface area contributed by atoms with Gasteiger partial charge in [0.2, 0.25) is 5.91 Å². The van der Waals surface area contributed by atoms with Gasteiger partial charge in [-0.2, -0.15) is 5.10 Å². The van der Waals surface area contributed by atoms with Gasteiger partial charge in [0.05, 0.1) is 18.8 Å². The van der Waals surface area contributed by atoms with Crippen molar-refractivity contribution in [1.29, 1.82) is 0 Å². The maximum atomic E-state index is 12.1. The van der Waals surface area contributed by atoms with E-state index in [2.05, 4.69) is 5.10 Å². The first-order valence-electron chi connectivity index (χ1n) is 7.07. The molecular formula is C14H23N3O2. The minimum Gasteiger partial charge on any atom is -0.372 e. The Morgan fingerprint density at radius 1 is 1.53 bits per heavy atom. The first kappa shape index (κ1) is 14.1. The number of rotatable bonds is 5. The van der Waals surface area contributed by atoms with Crippen LogP contribution < -0.4 is 0 Å². The fraction of sp³-hybridized carbons (Fsp3) is 0.714. The molecular weight excluding hydrogens is 242 g/mol. The van der Waals surface area contributed by atoms with Crippen LogP contribution in [0.1, 0.15) is 31.7 Å². The van der Waals surface area contributed by atoms with E-state index in [1.54, 1.807) is 0 Å². The largest absolute Gasteiger partial charge is 0.372 e. The Morgan fingerprint density at radius 3 is 3.05 bits per heavy atom. The maximum absolute atomic E-state index is 12.1. The van der Waals surface area contributed by atoms with E-state index in [4.69, 9.17) is 4.74 Å². The van der Waals surface area contributed by atoms with E-state index in [-0.39, 0.29) is 18.6 Å². The van der Waals surface area contributed by atoms with Crippen LogP contribution in [0.5, 0.6) is 0 Å². The van der Waals surface area contributed by atoms with E-state index in [0.29, 0.717) is 6.61 Å². The van der Waals surface area contributed by atoms with E-state index in [0.717, 1.165) is 31.5 Å². The van der Waals surface area contributed by atoms with Crippen LogP contribution in [0.15, 0.2) is 12.4 Å². The summed E-state index contributed by atoms with van der Waals surface area (Å²) in [5.41, 5.74) is 1.16. The van der Waals surface area contributed by atoms with Gasteiger partial charge >= 0.3 is 0 Å². The first-order valence-corrected chi connectivity index (χ1v) is 7.07. The van der Waals surface area contributed by atoms with Crippen molar-refractivity contribution in [1.82, 2.24) is 14.7 Å². The van der Waals surface area contributed by atoms with Crippen molar-refractivity contribution in [3.8, 4) is 0 Å². The standard InChI is InChI=1S/C14H23N3O2/c1-3-19-11-14(18)17-7-5-4-6-13(17)10-16-9-12(2)8-15-16/h8-9,13H,3-7,10-11H2,1-2H3. The molecule has 1 aromatic rings. The molecule has 2 rings (SSSR count). The molecule has 5 nitrogen and oxygen atoms in total. The number of hydrogen-bond donors (Lipinski definition) is 0.